The Morgan fingerprint density at radius 3 is 2.90 bits per heavy atom. The Morgan fingerprint density at radius 2 is 2.10 bits per heavy atom. The second kappa shape index (κ2) is 6.33. The highest BCUT2D eigenvalue weighted by Crippen LogP contribution is 2.31. The fourth-order valence-electron chi connectivity index (χ4n) is 3.22. The molecule has 1 aromatic heterocycles. The Morgan fingerprint density at radius 1 is 1.29 bits per heavy atom. The summed E-state index contributed by atoms with van der Waals surface area (Å²) in [6, 6.07) is 9.38. The minimum atomic E-state index is 0.533. The quantitative estimate of drug-likeness (QED) is 0.836. The average molecular weight is 283 g/mol. The summed E-state index contributed by atoms with van der Waals surface area (Å²) in [7, 11) is 0. The van der Waals surface area contributed by atoms with Crippen molar-refractivity contribution in [2.24, 2.45) is 0 Å². The lowest BCUT2D eigenvalue weighted by atomic mass is 9.88. The lowest BCUT2D eigenvalue weighted by Gasteiger charge is -2.27. The number of nitrogens with zero attached hydrogens (tertiary/aromatic N) is 2. The molecule has 21 heavy (non-hydrogen) atoms. The van der Waals surface area contributed by atoms with Crippen molar-refractivity contribution in [2.75, 3.05) is 11.9 Å². The number of unbranched alkanes of at least 4 members (excludes halogenated alkanes) is 1. The Labute approximate surface area is 127 Å². The Balaban J connectivity index is 1.78. The van der Waals surface area contributed by atoms with Gasteiger partial charge in [0, 0.05) is 18.8 Å². The number of fused-ring (bicyclic) bond motifs is 1. The van der Waals surface area contributed by atoms with Crippen LogP contribution in [0.15, 0.2) is 30.5 Å². The molecule has 1 aromatic carbocycles. The van der Waals surface area contributed by atoms with E-state index in [1.165, 1.54) is 36.8 Å². The van der Waals surface area contributed by atoms with Crippen LogP contribution in [-0.2, 0) is 12.8 Å². The van der Waals surface area contributed by atoms with Gasteiger partial charge in [0.05, 0.1) is 5.69 Å². The summed E-state index contributed by atoms with van der Waals surface area (Å²) >= 11 is 0. The normalized spacial score (nSPS) is 17.5. The molecular weight excluding hydrogens is 258 g/mol. The molecule has 0 radical (unpaired) electrons. The molecule has 0 fully saturated rings. The number of anilines is 1. The van der Waals surface area contributed by atoms with E-state index in [2.05, 4.69) is 59.2 Å². The van der Waals surface area contributed by atoms with E-state index in [4.69, 9.17) is 0 Å². The molecule has 3 nitrogen and oxygen atoms in total. The van der Waals surface area contributed by atoms with Gasteiger partial charge in [-0.25, -0.2) is 4.98 Å². The van der Waals surface area contributed by atoms with Gasteiger partial charge in [-0.05, 0) is 43.7 Å². The van der Waals surface area contributed by atoms with Crippen molar-refractivity contribution in [1.82, 2.24) is 9.55 Å². The number of hydrogen-bond donors (Lipinski definition) is 1. The maximum absolute atomic E-state index is 4.67. The molecule has 0 saturated heterocycles. The van der Waals surface area contributed by atoms with Crippen molar-refractivity contribution in [3.63, 3.8) is 0 Å². The molecule has 112 valence electrons. The van der Waals surface area contributed by atoms with E-state index in [0.29, 0.717) is 6.04 Å². The third-order valence-corrected chi connectivity index (χ3v) is 4.38. The SMILES string of the molecule is CCCCNc1nc(C)cn1C1CCc2ccccc2C1. The van der Waals surface area contributed by atoms with Gasteiger partial charge in [-0.2, -0.15) is 0 Å². The summed E-state index contributed by atoms with van der Waals surface area (Å²) in [6.07, 6.45) is 8.10. The first-order valence-electron chi connectivity index (χ1n) is 8.14. The van der Waals surface area contributed by atoms with Crippen LogP contribution in [0.5, 0.6) is 0 Å². The van der Waals surface area contributed by atoms with E-state index in [-0.39, 0.29) is 0 Å². The minimum absolute atomic E-state index is 0.533. The Kier molecular flexibility index (Phi) is 4.28. The number of imidazole rings is 1. The highest BCUT2D eigenvalue weighted by Gasteiger charge is 2.22. The van der Waals surface area contributed by atoms with Gasteiger partial charge in [-0.1, -0.05) is 37.6 Å². The molecule has 0 aliphatic heterocycles. The lowest BCUT2D eigenvalue weighted by Crippen LogP contribution is -2.20. The molecule has 3 rings (SSSR count). The number of aryl methyl sites for hydroxylation is 2. The van der Waals surface area contributed by atoms with Gasteiger partial charge in [0.25, 0.3) is 0 Å². The molecular formula is C18H25N3. The summed E-state index contributed by atoms with van der Waals surface area (Å²) in [5.41, 5.74) is 4.12. The standard InChI is InChI=1S/C18H25N3/c1-3-4-11-19-18-20-14(2)13-21(18)17-10-9-15-7-5-6-8-16(15)12-17/h5-8,13,17H,3-4,9-12H2,1-2H3,(H,19,20). The second-order valence-corrected chi connectivity index (χ2v) is 6.06. The second-order valence-electron chi connectivity index (χ2n) is 6.06. The first kappa shape index (κ1) is 14.2. The number of hydrogen-bond acceptors (Lipinski definition) is 2. The summed E-state index contributed by atoms with van der Waals surface area (Å²) in [5, 5.41) is 3.51. The van der Waals surface area contributed by atoms with Crippen molar-refractivity contribution in [2.45, 2.75) is 52.0 Å². The van der Waals surface area contributed by atoms with E-state index in [1.54, 1.807) is 0 Å². The molecule has 1 atom stereocenters. The minimum Gasteiger partial charge on any atom is -0.356 e. The first-order valence-corrected chi connectivity index (χ1v) is 8.14. The average Bonchev–Trinajstić information content (AvgIpc) is 2.88. The zero-order valence-corrected chi connectivity index (χ0v) is 13.1. The molecule has 0 saturated carbocycles. The molecule has 0 amide bonds. The van der Waals surface area contributed by atoms with Gasteiger partial charge in [-0.15, -0.1) is 0 Å². The van der Waals surface area contributed by atoms with E-state index >= 15 is 0 Å². The van der Waals surface area contributed by atoms with E-state index in [1.807, 2.05) is 0 Å². The maximum Gasteiger partial charge on any atom is 0.203 e. The molecule has 2 aromatic rings. The largest absolute Gasteiger partial charge is 0.356 e. The third-order valence-electron chi connectivity index (χ3n) is 4.38. The van der Waals surface area contributed by atoms with Crippen LogP contribution in [0.3, 0.4) is 0 Å². The Hall–Kier alpha value is -1.77. The van der Waals surface area contributed by atoms with Crippen molar-refractivity contribution in [3.05, 3.63) is 47.3 Å². The van der Waals surface area contributed by atoms with Crippen molar-refractivity contribution in [3.8, 4) is 0 Å². The molecule has 3 heteroatoms. The fourth-order valence-corrected chi connectivity index (χ4v) is 3.22. The summed E-state index contributed by atoms with van der Waals surface area (Å²) in [5.74, 6) is 1.05. The highest BCUT2D eigenvalue weighted by molar-refractivity contribution is 5.34. The fraction of sp³-hybridized carbons (Fsp3) is 0.500. The van der Waals surface area contributed by atoms with Crippen LogP contribution in [0.4, 0.5) is 5.95 Å². The van der Waals surface area contributed by atoms with E-state index in [9.17, 15) is 0 Å². The summed E-state index contributed by atoms with van der Waals surface area (Å²) < 4.78 is 2.36. The topological polar surface area (TPSA) is 29.9 Å². The number of nitrogens with one attached hydrogen (secondary N) is 1. The molecule has 1 aliphatic carbocycles. The van der Waals surface area contributed by atoms with Crippen molar-refractivity contribution < 1.29 is 0 Å². The monoisotopic (exact) mass is 283 g/mol. The van der Waals surface area contributed by atoms with Crippen LogP contribution in [0, 0.1) is 6.92 Å². The van der Waals surface area contributed by atoms with Gasteiger partial charge in [-0.3, -0.25) is 0 Å². The summed E-state index contributed by atoms with van der Waals surface area (Å²) in [4.78, 5) is 4.67. The number of aromatic nitrogens is 2. The Bertz CT molecular complexity index is 600. The van der Waals surface area contributed by atoms with Gasteiger partial charge in [0.15, 0.2) is 0 Å². The van der Waals surface area contributed by atoms with Crippen molar-refractivity contribution in [1.29, 1.82) is 0 Å². The zero-order valence-electron chi connectivity index (χ0n) is 13.1. The van der Waals surface area contributed by atoms with Crippen LogP contribution in [-0.4, -0.2) is 16.1 Å². The summed E-state index contributed by atoms with van der Waals surface area (Å²) in [6.45, 7) is 5.31. The van der Waals surface area contributed by atoms with E-state index in [0.717, 1.165) is 24.6 Å². The molecule has 1 unspecified atom stereocenters. The van der Waals surface area contributed by atoms with Crippen LogP contribution in [0.1, 0.15) is 49.0 Å². The predicted molar refractivity (Wildman–Crippen MR) is 87.9 cm³/mol. The van der Waals surface area contributed by atoms with Crippen LogP contribution < -0.4 is 5.32 Å². The van der Waals surface area contributed by atoms with Crippen LogP contribution >= 0.6 is 0 Å². The van der Waals surface area contributed by atoms with Crippen molar-refractivity contribution >= 4 is 5.95 Å². The number of benzene rings is 1. The first-order chi connectivity index (χ1) is 10.3. The van der Waals surface area contributed by atoms with E-state index < -0.39 is 0 Å². The third kappa shape index (κ3) is 3.12. The zero-order chi connectivity index (χ0) is 14.7. The van der Waals surface area contributed by atoms with Gasteiger partial charge in [0.2, 0.25) is 5.95 Å². The van der Waals surface area contributed by atoms with Gasteiger partial charge < -0.3 is 9.88 Å². The maximum atomic E-state index is 4.67. The molecule has 1 heterocycles. The molecule has 0 spiro atoms. The molecule has 1 N–H and O–H groups in total. The predicted octanol–water partition coefficient (Wildman–Crippen LogP) is 4.13. The number of rotatable bonds is 5. The smallest absolute Gasteiger partial charge is 0.203 e. The lowest BCUT2D eigenvalue weighted by molar-refractivity contribution is 0.445. The van der Waals surface area contributed by atoms with Crippen LogP contribution in [0.25, 0.3) is 0 Å². The van der Waals surface area contributed by atoms with Gasteiger partial charge in [0.1, 0.15) is 0 Å². The molecule has 1 aliphatic rings. The van der Waals surface area contributed by atoms with Crippen LogP contribution in [0.2, 0.25) is 0 Å². The van der Waals surface area contributed by atoms with Gasteiger partial charge >= 0.3 is 0 Å². The highest BCUT2D eigenvalue weighted by atomic mass is 15.2. The molecule has 0 bridgehead atoms.